The van der Waals surface area contributed by atoms with Crippen LogP contribution in [0.25, 0.3) is 0 Å². The Balaban J connectivity index is 1.41. The van der Waals surface area contributed by atoms with E-state index >= 15 is 0 Å². The molecule has 0 unspecified atom stereocenters. The number of nitrogens with zero attached hydrogens (tertiary/aromatic N) is 2. The molecule has 0 aromatic carbocycles. The second-order valence-electron chi connectivity index (χ2n) is 7.54. The summed E-state index contributed by atoms with van der Waals surface area (Å²) in [5, 5.41) is 0. The average Bonchev–Trinajstić information content (AvgIpc) is 3.47. The van der Waals surface area contributed by atoms with Gasteiger partial charge < -0.3 is 9.32 Å². The summed E-state index contributed by atoms with van der Waals surface area (Å²) in [6.45, 7) is 7.80. The zero-order valence-corrected chi connectivity index (χ0v) is 16.7. The Kier molecular flexibility index (Phi) is 6.72. The second kappa shape index (κ2) is 9.23. The molecule has 3 rings (SSSR count). The standard InChI is InChI=1S/C20H30N4O4/c1-3-23(4-2)13-16-7-8-17(28-16)19(26)22-21-18(25)14-9-11-24(12-10-14)20(27)15-5-6-15/h7-8,14-15H,3-6,9-13H2,1-2H3,(H,21,25)(H,22,26). The number of hydrogen-bond acceptors (Lipinski definition) is 5. The van der Waals surface area contributed by atoms with Gasteiger partial charge in [0.25, 0.3) is 0 Å². The van der Waals surface area contributed by atoms with E-state index in [1.54, 1.807) is 12.1 Å². The van der Waals surface area contributed by atoms with Gasteiger partial charge in [-0.15, -0.1) is 0 Å². The monoisotopic (exact) mass is 390 g/mol. The molecule has 1 saturated carbocycles. The molecule has 8 nitrogen and oxygen atoms in total. The second-order valence-corrected chi connectivity index (χ2v) is 7.54. The molecule has 2 heterocycles. The van der Waals surface area contributed by atoms with Gasteiger partial charge in [-0.1, -0.05) is 13.8 Å². The molecule has 28 heavy (non-hydrogen) atoms. The number of amides is 3. The number of furan rings is 1. The molecule has 2 fully saturated rings. The lowest BCUT2D eigenvalue weighted by atomic mass is 9.96. The van der Waals surface area contributed by atoms with Crippen LogP contribution >= 0.6 is 0 Å². The third-order valence-corrected chi connectivity index (χ3v) is 5.56. The number of likely N-dealkylation sites (tertiary alicyclic amines) is 1. The van der Waals surface area contributed by atoms with Gasteiger partial charge in [0.1, 0.15) is 5.76 Å². The molecular formula is C20H30N4O4. The van der Waals surface area contributed by atoms with Gasteiger partial charge in [0, 0.05) is 24.9 Å². The first-order valence-electron chi connectivity index (χ1n) is 10.2. The number of rotatable bonds is 7. The molecule has 0 spiro atoms. The minimum Gasteiger partial charge on any atom is -0.454 e. The molecule has 1 aliphatic carbocycles. The van der Waals surface area contributed by atoms with Crippen molar-refractivity contribution >= 4 is 17.7 Å². The van der Waals surface area contributed by atoms with E-state index in [-0.39, 0.29) is 29.4 Å². The number of hydrogen-bond donors (Lipinski definition) is 2. The summed E-state index contributed by atoms with van der Waals surface area (Å²) in [5.41, 5.74) is 4.92. The van der Waals surface area contributed by atoms with E-state index in [1.165, 1.54) is 0 Å². The summed E-state index contributed by atoms with van der Waals surface area (Å²) in [6, 6.07) is 3.39. The highest BCUT2D eigenvalue weighted by atomic mass is 16.4. The molecule has 1 aliphatic heterocycles. The first kappa shape index (κ1) is 20.4. The molecule has 0 atom stereocenters. The Morgan fingerprint density at radius 1 is 1.04 bits per heavy atom. The van der Waals surface area contributed by atoms with Crippen LogP contribution in [-0.2, 0) is 16.1 Å². The van der Waals surface area contributed by atoms with Crippen LogP contribution in [0.4, 0.5) is 0 Å². The number of hydrazine groups is 1. The SMILES string of the molecule is CCN(CC)Cc1ccc(C(=O)NNC(=O)C2CCN(C(=O)C3CC3)CC2)o1. The van der Waals surface area contributed by atoms with Crippen molar-refractivity contribution in [1.29, 1.82) is 0 Å². The average molecular weight is 390 g/mol. The molecule has 8 heteroatoms. The van der Waals surface area contributed by atoms with Crippen molar-refractivity contribution in [3.63, 3.8) is 0 Å². The van der Waals surface area contributed by atoms with Crippen molar-refractivity contribution in [2.45, 2.75) is 46.1 Å². The molecule has 1 saturated heterocycles. The smallest absolute Gasteiger partial charge is 0.305 e. The molecular weight excluding hydrogens is 360 g/mol. The first-order chi connectivity index (χ1) is 13.5. The van der Waals surface area contributed by atoms with Crippen molar-refractivity contribution in [2.24, 2.45) is 11.8 Å². The van der Waals surface area contributed by atoms with Crippen LogP contribution in [0.5, 0.6) is 0 Å². The Morgan fingerprint density at radius 3 is 2.32 bits per heavy atom. The van der Waals surface area contributed by atoms with E-state index in [0.29, 0.717) is 38.2 Å². The quantitative estimate of drug-likeness (QED) is 0.689. The van der Waals surface area contributed by atoms with Gasteiger partial charge in [-0.05, 0) is 50.9 Å². The topological polar surface area (TPSA) is 94.9 Å². The normalized spacial score (nSPS) is 17.6. The Bertz CT molecular complexity index is 701. The van der Waals surface area contributed by atoms with Gasteiger partial charge in [0.05, 0.1) is 6.54 Å². The molecule has 3 amide bonds. The van der Waals surface area contributed by atoms with Crippen molar-refractivity contribution < 1.29 is 18.8 Å². The van der Waals surface area contributed by atoms with E-state index in [2.05, 4.69) is 29.6 Å². The van der Waals surface area contributed by atoms with Crippen LogP contribution in [0.15, 0.2) is 16.5 Å². The number of carbonyl (C=O) groups is 3. The lowest BCUT2D eigenvalue weighted by Crippen LogP contribution is -2.48. The van der Waals surface area contributed by atoms with Crippen LogP contribution < -0.4 is 10.9 Å². The predicted octanol–water partition coefficient (Wildman–Crippen LogP) is 1.53. The highest BCUT2D eigenvalue weighted by molar-refractivity contribution is 5.93. The minimum atomic E-state index is -0.472. The highest BCUT2D eigenvalue weighted by Crippen LogP contribution is 2.32. The zero-order chi connectivity index (χ0) is 20.1. The van der Waals surface area contributed by atoms with Gasteiger partial charge in [0.15, 0.2) is 5.76 Å². The lowest BCUT2D eigenvalue weighted by molar-refractivity contribution is -0.136. The van der Waals surface area contributed by atoms with Crippen LogP contribution in [0.2, 0.25) is 0 Å². The van der Waals surface area contributed by atoms with Gasteiger partial charge in [-0.3, -0.25) is 30.1 Å². The molecule has 2 aliphatic rings. The summed E-state index contributed by atoms with van der Waals surface area (Å²) in [7, 11) is 0. The fraction of sp³-hybridized carbons (Fsp3) is 0.650. The van der Waals surface area contributed by atoms with E-state index in [0.717, 1.165) is 25.9 Å². The highest BCUT2D eigenvalue weighted by Gasteiger charge is 2.36. The van der Waals surface area contributed by atoms with Crippen LogP contribution in [0, 0.1) is 11.8 Å². The molecule has 1 aromatic rings. The van der Waals surface area contributed by atoms with Crippen molar-refractivity contribution in [1.82, 2.24) is 20.7 Å². The Labute approximate surface area is 165 Å². The third kappa shape index (κ3) is 5.13. The lowest BCUT2D eigenvalue weighted by Gasteiger charge is -2.31. The van der Waals surface area contributed by atoms with E-state index < -0.39 is 5.91 Å². The Hall–Kier alpha value is -2.35. The van der Waals surface area contributed by atoms with Crippen molar-refractivity contribution in [3.8, 4) is 0 Å². The summed E-state index contributed by atoms with van der Waals surface area (Å²) >= 11 is 0. The van der Waals surface area contributed by atoms with Gasteiger partial charge in [0.2, 0.25) is 11.8 Å². The molecule has 1 aromatic heterocycles. The maximum Gasteiger partial charge on any atom is 0.305 e. The minimum absolute atomic E-state index is 0.173. The molecule has 0 bridgehead atoms. The van der Waals surface area contributed by atoms with Gasteiger partial charge in [-0.25, -0.2) is 0 Å². The van der Waals surface area contributed by atoms with Crippen LogP contribution in [-0.4, -0.2) is 53.7 Å². The van der Waals surface area contributed by atoms with Crippen molar-refractivity contribution in [3.05, 3.63) is 23.7 Å². The number of carbonyl (C=O) groups excluding carboxylic acids is 3. The maximum absolute atomic E-state index is 12.3. The van der Waals surface area contributed by atoms with Gasteiger partial charge in [-0.2, -0.15) is 0 Å². The van der Waals surface area contributed by atoms with Crippen molar-refractivity contribution in [2.75, 3.05) is 26.2 Å². The fourth-order valence-electron chi connectivity index (χ4n) is 3.49. The van der Waals surface area contributed by atoms with Crippen LogP contribution in [0.3, 0.4) is 0 Å². The van der Waals surface area contributed by atoms with E-state index in [4.69, 9.17) is 4.42 Å². The van der Waals surface area contributed by atoms with Gasteiger partial charge >= 0.3 is 5.91 Å². The molecule has 2 N–H and O–H groups in total. The summed E-state index contributed by atoms with van der Waals surface area (Å²) in [6.07, 6.45) is 3.23. The number of piperidine rings is 1. The Morgan fingerprint density at radius 2 is 1.71 bits per heavy atom. The third-order valence-electron chi connectivity index (χ3n) is 5.56. The largest absolute Gasteiger partial charge is 0.454 e. The predicted molar refractivity (Wildman–Crippen MR) is 103 cm³/mol. The summed E-state index contributed by atoms with van der Waals surface area (Å²) in [5.74, 6) is 0.441. The summed E-state index contributed by atoms with van der Waals surface area (Å²) in [4.78, 5) is 40.6. The fourth-order valence-corrected chi connectivity index (χ4v) is 3.49. The summed E-state index contributed by atoms with van der Waals surface area (Å²) < 4.78 is 5.58. The van der Waals surface area contributed by atoms with E-state index in [1.807, 2.05) is 4.90 Å². The van der Waals surface area contributed by atoms with E-state index in [9.17, 15) is 14.4 Å². The molecule has 154 valence electrons. The molecule has 0 radical (unpaired) electrons. The maximum atomic E-state index is 12.3. The van der Waals surface area contributed by atoms with Crippen LogP contribution in [0.1, 0.15) is 55.8 Å². The first-order valence-corrected chi connectivity index (χ1v) is 10.2. The number of nitrogens with one attached hydrogen (secondary N) is 2. The zero-order valence-electron chi connectivity index (χ0n) is 16.7.